The molecule has 1 aromatic carbocycles. The molecule has 0 radical (unpaired) electrons. The number of halogens is 1. The Morgan fingerprint density at radius 2 is 2.24 bits per heavy atom. The van der Waals surface area contributed by atoms with Crippen molar-refractivity contribution < 1.29 is 14.6 Å². The predicted octanol–water partition coefficient (Wildman–Crippen LogP) is 1.19. The lowest BCUT2D eigenvalue weighted by Crippen LogP contribution is -2.44. The minimum atomic E-state index is -0.399. The van der Waals surface area contributed by atoms with Gasteiger partial charge in [0.15, 0.2) is 0 Å². The molecule has 6 nitrogen and oxygen atoms in total. The number of nitrogen functional groups attached to an aromatic ring is 1. The molecule has 0 saturated carbocycles. The van der Waals surface area contributed by atoms with Crippen LogP contribution in [0.5, 0.6) is 0 Å². The lowest BCUT2D eigenvalue weighted by molar-refractivity contribution is -0.121. The number of nitrogens with one attached hydrogen (secondary N) is 1. The van der Waals surface area contributed by atoms with Crippen molar-refractivity contribution in [3.05, 3.63) is 23.2 Å². The van der Waals surface area contributed by atoms with Gasteiger partial charge in [0, 0.05) is 25.9 Å². The highest BCUT2D eigenvalue weighted by atomic mass is 35.5. The number of aliphatic hydroxyl groups is 1. The van der Waals surface area contributed by atoms with E-state index in [0.717, 1.165) is 0 Å². The van der Waals surface area contributed by atoms with E-state index in [2.05, 4.69) is 5.32 Å². The van der Waals surface area contributed by atoms with Gasteiger partial charge in [0.25, 0.3) is 0 Å². The molecule has 0 aliphatic carbocycles. The summed E-state index contributed by atoms with van der Waals surface area (Å²) in [6.07, 6.45) is 0. The zero-order chi connectivity index (χ0) is 15.8. The molecule has 1 atom stereocenters. The van der Waals surface area contributed by atoms with E-state index >= 15 is 0 Å². The van der Waals surface area contributed by atoms with E-state index in [-0.39, 0.29) is 12.5 Å². The highest BCUT2D eigenvalue weighted by Crippen LogP contribution is 2.22. The highest BCUT2D eigenvalue weighted by Gasteiger charge is 2.20. The van der Waals surface area contributed by atoms with Gasteiger partial charge in [-0.05, 0) is 25.1 Å². The van der Waals surface area contributed by atoms with Crippen LogP contribution in [0.2, 0.25) is 5.02 Å². The molecule has 21 heavy (non-hydrogen) atoms. The summed E-state index contributed by atoms with van der Waals surface area (Å²) in [7, 11) is 1.60. The van der Waals surface area contributed by atoms with Gasteiger partial charge in [-0.1, -0.05) is 11.6 Å². The van der Waals surface area contributed by atoms with Crippen LogP contribution in [0.15, 0.2) is 18.2 Å². The van der Waals surface area contributed by atoms with E-state index in [4.69, 9.17) is 27.2 Å². The van der Waals surface area contributed by atoms with Crippen molar-refractivity contribution in [3.8, 4) is 0 Å². The molecule has 0 saturated heterocycles. The minimum Gasteiger partial charge on any atom is -0.397 e. The van der Waals surface area contributed by atoms with E-state index in [1.54, 1.807) is 32.2 Å². The zero-order valence-electron chi connectivity index (χ0n) is 12.3. The van der Waals surface area contributed by atoms with Gasteiger partial charge in [-0.2, -0.15) is 0 Å². The molecule has 0 heterocycles. The van der Waals surface area contributed by atoms with Crippen LogP contribution in [0.3, 0.4) is 0 Å². The van der Waals surface area contributed by atoms with Crippen LogP contribution < -0.4 is 11.1 Å². The molecule has 0 bridgehead atoms. The second-order valence-corrected chi connectivity index (χ2v) is 5.06. The zero-order valence-corrected chi connectivity index (χ0v) is 13.1. The molecule has 1 amide bonds. The number of nitrogens with two attached hydrogens (primary N) is 1. The third-order valence-corrected chi connectivity index (χ3v) is 3.50. The smallest absolute Gasteiger partial charge is 0.241 e. The first kappa shape index (κ1) is 17.7. The summed E-state index contributed by atoms with van der Waals surface area (Å²) in [6.45, 7) is 3.22. The van der Waals surface area contributed by atoms with Crippen molar-refractivity contribution in [2.75, 3.05) is 44.5 Å². The molecule has 0 fully saturated rings. The van der Waals surface area contributed by atoms with Gasteiger partial charge in [-0.25, -0.2) is 0 Å². The number of amides is 1. The van der Waals surface area contributed by atoms with Crippen LogP contribution in [0, 0.1) is 0 Å². The second kappa shape index (κ2) is 8.84. The van der Waals surface area contributed by atoms with E-state index in [0.29, 0.717) is 36.1 Å². The van der Waals surface area contributed by atoms with Crippen LogP contribution in [-0.2, 0) is 9.53 Å². The van der Waals surface area contributed by atoms with Crippen molar-refractivity contribution in [1.82, 2.24) is 4.90 Å². The number of hydrogen-bond acceptors (Lipinski definition) is 5. The number of methoxy groups -OCH3 is 1. The van der Waals surface area contributed by atoms with Gasteiger partial charge in [0.2, 0.25) is 5.91 Å². The van der Waals surface area contributed by atoms with E-state index in [9.17, 15) is 4.79 Å². The fraction of sp³-hybridized carbons (Fsp3) is 0.500. The lowest BCUT2D eigenvalue weighted by atomic mass is 10.2. The molecule has 7 heteroatoms. The van der Waals surface area contributed by atoms with Crippen LogP contribution in [0.1, 0.15) is 6.92 Å². The average molecular weight is 316 g/mol. The standard InChI is InChI=1S/C14H22ClN3O3/c1-10(18(5-7-19)6-8-21-2)14(20)17-11-3-4-12(15)13(16)9-11/h3-4,9-10,19H,5-8,16H2,1-2H3,(H,17,20). The number of anilines is 2. The average Bonchev–Trinajstić information content (AvgIpc) is 2.46. The maximum Gasteiger partial charge on any atom is 0.241 e. The number of benzene rings is 1. The fourth-order valence-corrected chi connectivity index (χ4v) is 1.99. The summed E-state index contributed by atoms with van der Waals surface area (Å²) in [5.41, 5.74) is 6.70. The first-order valence-corrected chi connectivity index (χ1v) is 7.07. The molecule has 0 aromatic heterocycles. The Balaban J connectivity index is 2.68. The summed E-state index contributed by atoms with van der Waals surface area (Å²) >= 11 is 5.84. The fourth-order valence-electron chi connectivity index (χ4n) is 1.87. The minimum absolute atomic E-state index is 0.0186. The number of rotatable bonds is 8. The summed E-state index contributed by atoms with van der Waals surface area (Å²) in [5.74, 6) is -0.179. The Labute approximate surface area is 129 Å². The highest BCUT2D eigenvalue weighted by molar-refractivity contribution is 6.33. The quantitative estimate of drug-likeness (QED) is 0.627. The Bertz CT molecular complexity index is 471. The lowest BCUT2D eigenvalue weighted by Gasteiger charge is -2.27. The van der Waals surface area contributed by atoms with Gasteiger partial charge in [0.1, 0.15) is 0 Å². The van der Waals surface area contributed by atoms with Crippen molar-refractivity contribution >= 4 is 28.9 Å². The predicted molar refractivity (Wildman–Crippen MR) is 84.5 cm³/mol. The Morgan fingerprint density at radius 3 is 2.81 bits per heavy atom. The Hall–Kier alpha value is -1.34. The van der Waals surface area contributed by atoms with E-state index in [1.165, 1.54) is 0 Å². The van der Waals surface area contributed by atoms with E-state index < -0.39 is 6.04 Å². The molecule has 0 aliphatic heterocycles. The van der Waals surface area contributed by atoms with Gasteiger partial charge in [0.05, 0.1) is 30.0 Å². The van der Waals surface area contributed by atoms with Crippen molar-refractivity contribution in [2.24, 2.45) is 0 Å². The van der Waals surface area contributed by atoms with Gasteiger partial charge in [-0.15, -0.1) is 0 Å². The monoisotopic (exact) mass is 315 g/mol. The first-order valence-electron chi connectivity index (χ1n) is 6.69. The molecule has 118 valence electrons. The van der Waals surface area contributed by atoms with Crippen LogP contribution in [0.4, 0.5) is 11.4 Å². The third kappa shape index (κ3) is 5.51. The summed E-state index contributed by atoms with van der Waals surface area (Å²) in [4.78, 5) is 14.1. The van der Waals surface area contributed by atoms with Crippen LogP contribution in [0.25, 0.3) is 0 Å². The molecule has 0 spiro atoms. The van der Waals surface area contributed by atoms with E-state index in [1.807, 2.05) is 4.90 Å². The topological polar surface area (TPSA) is 87.8 Å². The maximum atomic E-state index is 12.2. The Morgan fingerprint density at radius 1 is 1.52 bits per heavy atom. The van der Waals surface area contributed by atoms with Crippen molar-refractivity contribution in [3.63, 3.8) is 0 Å². The molecular weight excluding hydrogens is 294 g/mol. The molecule has 1 unspecified atom stereocenters. The molecule has 1 aromatic rings. The molecule has 4 N–H and O–H groups in total. The molecule has 1 rings (SSSR count). The van der Waals surface area contributed by atoms with Gasteiger partial charge >= 0.3 is 0 Å². The van der Waals surface area contributed by atoms with Crippen LogP contribution in [-0.4, -0.2) is 55.4 Å². The number of carbonyl (C=O) groups excluding carboxylic acids is 1. The number of ether oxygens (including phenoxy) is 1. The summed E-state index contributed by atoms with van der Waals surface area (Å²) < 4.78 is 5.01. The third-order valence-electron chi connectivity index (χ3n) is 3.16. The molecule has 0 aliphatic rings. The first-order chi connectivity index (χ1) is 9.99. The SMILES string of the molecule is COCCN(CCO)C(C)C(=O)Nc1ccc(Cl)c(N)c1. The summed E-state index contributed by atoms with van der Waals surface area (Å²) in [6, 6.07) is 4.53. The molecular formula is C14H22ClN3O3. The van der Waals surface area contributed by atoms with Gasteiger partial charge < -0.3 is 20.9 Å². The number of hydrogen-bond donors (Lipinski definition) is 3. The summed E-state index contributed by atoms with van der Waals surface area (Å²) in [5, 5.41) is 12.3. The number of aliphatic hydroxyl groups excluding tert-OH is 1. The number of nitrogens with zero attached hydrogens (tertiary/aromatic N) is 1. The van der Waals surface area contributed by atoms with Gasteiger partial charge in [-0.3, -0.25) is 9.69 Å². The Kier molecular flexibility index (Phi) is 7.45. The number of carbonyl (C=O) groups is 1. The van der Waals surface area contributed by atoms with Crippen molar-refractivity contribution in [1.29, 1.82) is 0 Å². The largest absolute Gasteiger partial charge is 0.397 e. The van der Waals surface area contributed by atoms with Crippen LogP contribution >= 0.6 is 11.6 Å². The normalized spacial score (nSPS) is 12.4. The second-order valence-electron chi connectivity index (χ2n) is 4.65. The maximum absolute atomic E-state index is 12.2. The van der Waals surface area contributed by atoms with Crippen molar-refractivity contribution in [2.45, 2.75) is 13.0 Å².